The fourth-order valence-electron chi connectivity index (χ4n) is 2.59. The number of rotatable bonds is 5. The minimum atomic E-state index is -0.485. The van der Waals surface area contributed by atoms with E-state index >= 15 is 0 Å². The molecule has 3 rings (SSSR count). The summed E-state index contributed by atoms with van der Waals surface area (Å²) in [5.41, 5.74) is 2.17. The predicted octanol–water partition coefficient (Wildman–Crippen LogP) is 3.33. The summed E-state index contributed by atoms with van der Waals surface area (Å²) in [6, 6.07) is 10.5. The summed E-state index contributed by atoms with van der Waals surface area (Å²) in [6.07, 6.45) is 1.42. The van der Waals surface area contributed by atoms with Crippen LogP contribution in [-0.4, -0.2) is 26.8 Å². The van der Waals surface area contributed by atoms with Gasteiger partial charge in [-0.15, -0.1) is 0 Å². The highest BCUT2D eigenvalue weighted by molar-refractivity contribution is 5.84. The van der Waals surface area contributed by atoms with E-state index in [4.69, 9.17) is 13.9 Å². The van der Waals surface area contributed by atoms with Crippen LogP contribution in [0.1, 0.15) is 5.56 Å². The molecule has 0 bridgehead atoms. The normalized spacial score (nSPS) is 10.6. The Morgan fingerprint density at radius 1 is 1.12 bits per heavy atom. The second-order valence-corrected chi connectivity index (χ2v) is 5.69. The van der Waals surface area contributed by atoms with Crippen molar-refractivity contribution in [2.45, 2.75) is 6.92 Å². The maximum atomic E-state index is 12.9. The molecule has 6 nitrogen and oxygen atoms in total. The van der Waals surface area contributed by atoms with Gasteiger partial charge in [0, 0.05) is 6.07 Å². The van der Waals surface area contributed by atoms with E-state index in [-0.39, 0.29) is 12.0 Å². The number of methoxy groups -OCH3 is 2. The molecule has 26 heavy (non-hydrogen) atoms. The summed E-state index contributed by atoms with van der Waals surface area (Å²) in [5.74, 6) is 0.686. The van der Waals surface area contributed by atoms with Crippen molar-refractivity contribution < 1.29 is 23.4 Å². The van der Waals surface area contributed by atoms with Crippen molar-refractivity contribution in [2.75, 3.05) is 20.8 Å². The molecule has 0 radical (unpaired) electrons. The van der Waals surface area contributed by atoms with Gasteiger partial charge in [-0.25, -0.2) is 4.79 Å². The Morgan fingerprint density at radius 2 is 1.85 bits per heavy atom. The number of fused-ring (bicyclic) bond motifs is 1. The monoisotopic (exact) mass is 354 g/mol. The zero-order valence-corrected chi connectivity index (χ0v) is 14.7. The number of hydrogen-bond acceptors (Lipinski definition) is 6. The third kappa shape index (κ3) is 3.39. The van der Waals surface area contributed by atoms with Gasteiger partial charge in [0.05, 0.1) is 25.2 Å². The zero-order valence-electron chi connectivity index (χ0n) is 14.7. The Hall–Kier alpha value is -3.28. The van der Waals surface area contributed by atoms with E-state index in [9.17, 15) is 9.59 Å². The molecule has 3 aromatic rings. The standard InChI is InChI=1S/C20H18O6/c1-12-8-15-18(9-17(12)26-11-19(21)24-3)25-10-16(20(15)22)13-4-6-14(23-2)7-5-13/h4-10H,11H2,1-3H3. The molecule has 6 heteroatoms. The first-order valence-electron chi connectivity index (χ1n) is 7.93. The Labute approximate surface area is 149 Å². The highest BCUT2D eigenvalue weighted by atomic mass is 16.6. The van der Waals surface area contributed by atoms with E-state index in [2.05, 4.69) is 4.74 Å². The maximum Gasteiger partial charge on any atom is 0.343 e. The summed E-state index contributed by atoms with van der Waals surface area (Å²) in [7, 11) is 2.88. The predicted molar refractivity (Wildman–Crippen MR) is 96.7 cm³/mol. The summed E-state index contributed by atoms with van der Waals surface area (Å²) >= 11 is 0. The molecule has 0 atom stereocenters. The quantitative estimate of drug-likeness (QED) is 0.654. The minimum absolute atomic E-state index is 0.140. The Morgan fingerprint density at radius 3 is 2.50 bits per heavy atom. The molecule has 1 heterocycles. The molecule has 0 saturated carbocycles. The fourth-order valence-corrected chi connectivity index (χ4v) is 2.59. The van der Waals surface area contributed by atoms with Crippen LogP contribution in [0, 0.1) is 6.92 Å². The Bertz CT molecular complexity index is 1000. The molecule has 0 amide bonds. The van der Waals surface area contributed by atoms with E-state index < -0.39 is 5.97 Å². The summed E-state index contributed by atoms with van der Waals surface area (Å²) in [4.78, 5) is 24.1. The molecule has 0 unspecified atom stereocenters. The van der Waals surface area contributed by atoms with E-state index in [0.717, 1.165) is 11.1 Å². The molecule has 1 aromatic heterocycles. The second kappa shape index (κ2) is 7.31. The lowest BCUT2D eigenvalue weighted by Gasteiger charge is -2.10. The third-order valence-electron chi connectivity index (χ3n) is 4.04. The van der Waals surface area contributed by atoms with Crippen LogP contribution in [-0.2, 0) is 9.53 Å². The molecular formula is C20H18O6. The van der Waals surface area contributed by atoms with E-state index in [0.29, 0.717) is 28.0 Å². The molecule has 0 saturated heterocycles. The molecule has 0 aliphatic rings. The Balaban J connectivity index is 2.01. The number of hydrogen-bond donors (Lipinski definition) is 0. The largest absolute Gasteiger partial charge is 0.497 e. The van der Waals surface area contributed by atoms with Crippen molar-refractivity contribution >= 4 is 16.9 Å². The van der Waals surface area contributed by atoms with Gasteiger partial charge in [-0.3, -0.25) is 4.79 Å². The minimum Gasteiger partial charge on any atom is -0.497 e. The highest BCUT2D eigenvalue weighted by Crippen LogP contribution is 2.27. The van der Waals surface area contributed by atoms with E-state index in [1.165, 1.54) is 13.4 Å². The van der Waals surface area contributed by atoms with Gasteiger partial charge in [-0.05, 0) is 36.2 Å². The van der Waals surface area contributed by atoms with Gasteiger partial charge < -0.3 is 18.6 Å². The van der Waals surface area contributed by atoms with Crippen LogP contribution in [0.3, 0.4) is 0 Å². The van der Waals surface area contributed by atoms with Crippen LogP contribution in [0.2, 0.25) is 0 Å². The van der Waals surface area contributed by atoms with Crippen molar-refractivity contribution in [3.05, 3.63) is 58.4 Å². The SMILES string of the molecule is COC(=O)COc1cc2occ(-c3ccc(OC)cc3)c(=O)c2cc1C. The average Bonchev–Trinajstić information content (AvgIpc) is 2.67. The third-order valence-corrected chi connectivity index (χ3v) is 4.04. The molecule has 0 aliphatic heterocycles. The van der Waals surface area contributed by atoms with Crippen LogP contribution < -0.4 is 14.9 Å². The van der Waals surface area contributed by atoms with Crippen molar-refractivity contribution in [3.8, 4) is 22.6 Å². The van der Waals surface area contributed by atoms with E-state index in [1.54, 1.807) is 50.4 Å². The molecular weight excluding hydrogens is 336 g/mol. The van der Waals surface area contributed by atoms with Gasteiger partial charge in [0.1, 0.15) is 23.3 Å². The van der Waals surface area contributed by atoms with Crippen molar-refractivity contribution in [1.82, 2.24) is 0 Å². The number of carbonyl (C=O) groups is 1. The van der Waals surface area contributed by atoms with Crippen LogP contribution in [0.5, 0.6) is 11.5 Å². The maximum absolute atomic E-state index is 12.9. The molecule has 2 aromatic carbocycles. The smallest absolute Gasteiger partial charge is 0.343 e. The van der Waals surface area contributed by atoms with Gasteiger partial charge in [0.25, 0.3) is 0 Å². The highest BCUT2D eigenvalue weighted by Gasteiger charge is 2.13. The van der Waals surface area contributed by atoms with Gasteiger partial charge in [-0.2, -0.15) is 0 Å². The molecule has 0 fully saturated rings. The Kier molecular flexibility index (Phi) is 4.93. The molecule has 134 valence electrons. The van der Waals surface area contributed by atoms with Crippen LogP contribution in [0.15, 0.2) is 51.9 Å². The number of esters is 1. The van der Waals surface area contributed by atoms with Gasteiger partial charge in [0.2, 0.25) is 5.43 Å². The summed E-state index contributed by atoms with van der Waals surface area (Å²) in [6.45, 7) is 1.59. The van der Waals surface area contributed by atoms with Gasteiger partial charge >= 0.3 is 5.97 Å². The van der Waals surface area contributed by atoms with Crippen LogP contribution >= 0.6 is 0 Å². The lowest BCUT2D eigenvalue weighted by atomic mass is 10.0. The number of aryl methyl sites for hydroxylation is 1. The number of benzene rings is 2. The van der Waals surface area contributed by atoms with Gasteiger partial charge in [0.15, 0.2) is 6.61 Å². The van der Waals surface area contributed by atoms with Crippen molar-refractivity contribution in [1.29, 1.82) is 0 Å². The first-order valence-corrected chi connectivity index (χ1v) is 7.93. The lowest BCUT2D eigenvalue weighted by molar-refractivity contribution is -0.142. The first kappa shape index (κ1) is 17.5. The van der Waals surface area contributed by atoms with Crippen LogP contribution in [0.25, 0.3) is 22.1 Å². The topological polar surface area (TPSA) is 75.0 Å². The summed E-state index contributed by atoms with van der Waals surface area (Å²) in [5, 5.41) is 0.446. The van der Waals surface area contributed by atoms with Crippen LogP contribution in [0.4, 0.5) is 0 Å². The molecule has 0 N–H and O–H groups in total. The van der Waals surface area contributed by atoms with Crippen molar-refractivity contribution in [3.63, 3.8) is 0 Å². The number of carbonyl (C=O) groups excluding carboxylic acids is 1. The second-order valence-electron chi connectivity index (χ2n) is 5.69. The average molecular weight is 354 g/mol. The molecule has 0 aliphatic carbocycles. The molecule has 0 spiro atoms. The summed E-state index contributed by atoms with van der Waals surface area (Å²) < 4.78 is 20.8. The van der Waals surface area contributed by atoms with E-state index in [1.807, 2.05) is 0 Å². The fraction of sp³-hybridized carbons (Fsp3) is 0.200. The number of ether oxygens (including phenoxy) is 3. The first-order chi connectivity index (χ1) is 12.5. The zero-order chi connectivity index (χ0) is 18.7. The lowest BCUT2D eigenvalue weighted by Crippen LogP contribution is -2.13. The van der Waals surface area contributed by atoms with Crippen molar-refractivity contribution in [2.24, 2.45) is 0 Å². The van der Waals surface area contributed by atoms with Gasteiger partial charge in [-0.1, -0.05) is 12.1 Å².